The van der Waals surface area contributed by atoms with Crippen molar-refractivity contribution in [3.05, 3.63) is 90.5 Å². The summed E-state index contributed by atoms with van der Waals surface area (Å²) < 4.78 is 54.2. The van der Waals surface area contributed by atoms with Crippen molar-refractivity contribution in [3.63, 3.8) is 0 Å². The molecule has 0 unspecified atom stereocenters. The predicted octanol–water partition coefficient (Wildman–Crippen LogP) is 4.79. The lowest BCUT2D eigenvalue weighted by molar-refractivity contribution is 0.574. The summed E-state index contributed by atoms with van der Waals surface area (Å²) in [6, 6.07) is 12.4. The van der Waals surface area contributed by atoms with Gasteiger partial charge in [-0.15, -0.1) is 0 Å². The molecule has 0 aliphatic carbocycles. The molecule has 172 valence electrons. The zero-order valence-electron chi connectivity index (χ0n) is 18.0. The van der Waals surface area contributed by atoms with E-state index in [2.05, 4.69) is 19.8 Å². The second-order valence-corrected chi connectivity index (χ2v) is 9.73. The van der Waals surface area contributed by atoms with Gasteiger partial charge in [-0.3, -0.25) is 9.40 Å². The summed E-state index contributed by atoms with van der Waals surface area (Å²) in [6.45, 7) is 0.223. The molecule has 0 atom stereocenters. The van der Waals surface area contributed by atoms with Crippen LogP contribution in [0.15, 0.2) is 73.3 Å². The van der Waals surface area contributed by atoms with Gasteiger partial charge in [-0.2, -0.15) is 5.10 Å². The maximum Gasteiger partial charge on any atom is 0.229 e. The Labute approximate surface area is 194 Å². The zero-order chi connectivity index (χ0) is 23.9. The van der Waals surface area contributed by atoms with E-state index in [4.69, 9.17) is 0 Å². The minimum Gasteiger partial charge on any atom is -0.346 e. The van der Waals surface area contributed by atoms with Crippen LogP contribution in [0, 0.1) is 11.6 Å². The molecule has 3 aromatic heterocycles. The zero-order valence-corrected chi connectivity index (χ0v) is 18.8. The molecule has 0 spiro atoms. The van der Waals surface area contributed by atoms with Crippen molar-refractivity contribution < 1.29 is 17.2 Å². The molecule has 0 fully saturated rings. The molecule has 7 nitrogen and oxygen atoms in total. The van der Waals surface area contributed by atoms with E-state index in [0.29, 0.717) is 16.9 Å². The Hall–Kier alpha value is -4.05. The fourth-order valence-electron chi connectivity index (χ4n) is 3.85. The van der Waals surface area contributed by atoms with E-state index in [1.807, 2.05) is 18.3 Å². The third-order valence-corrected chi connectivity index (χ3v) is 5.85. The van der Waals surface area contributed by atoms with E-state index in [-0.39, 0.29) is 6.54 Å². The average Bonchev–Trinajstić information content (AvgIpc) is 3.38. The number of aromatic amines is 1. The summed E-state index contributed by atoms with van der Waals surface area (Å²) in [4.78, 5) is 7.64. The molecule has 5 rings (SSSR count). The van der Waals surface area contributed by atoms with Crippen LogP contribution in [0.3, 0.4) is 0 Å². The van der Waals surface area contributed by atoms with Crippen molar-refractivity contribution in [2.45, 2.75) is 6.54 Å². The molecule has 0 aliphatic heterocycles. The highest BCUT2D eigenvalue weighted by Crippen LogP contribution is 2.31. The van der Waals surface area contributed by atoms with Gasteiger partial charge in [0.15, 0.2) is 0 Å². The SMILES string of the molecule is CS(=O)(=O)Nc1cccc(-c2cnc3[nH]cc(-c4cnn(Cc5cc(F)cc(F)c5)c4)c3c2)c1. The quantitative estimate of drug-likeness (QED) is 0.366. The monoisotopic (exact) mass is 479 g/mol. The first kappa shape index (κ1) is 21.8. The van der Waals surface area contributed by atoms with Gasteiger partial charge < -0.3 is 4.98 Å². The van der Waals surface area contributed by atoms with E-state index in [0.717, 1.165) is 40.0 Å². The summed E-state index contributed by atoms with van der Waals surface area (Å²) in [5.74, 6) is -1.26. The number of H-pyrrole nitrogens is 1. The van der Waals surface area contributed by atoms with Gasteiger partial charge in [0, 0.05) is 52.4 Å². The number of aromatic nitrogens is 4. The first-order valence-electron chi connectivity index (χ1n) is 10.3. The Balaban J connectivity index is 1.47. The van der Waals surface area contributed by atoms with Crippen LogP contribution in [0.4, 0.5) is 14.5 Å². The standard InChI is InChI=1S/C24H19F2N5O2S/c1-34(32,33)30-21-4-2-3-16(7-21)17-8-22-23(12-28-24(22)27-10-17)18-11-29-31(14-18)13-15-5-19(25)9-20(26)6-15/h2-12,14,30H,13H2,1H3,(H,27,28). The molecule has 0 radical (unpaired) electrons. The van der Waals surface area contributed by atoms with Crippen molar-refractivity contribution in [2.24, 2.45) is 0 Å². The van der Waals surface area contributed by atoms with E-state index in [1.54, 1.807) is 41.5 Å². The number of sulfonamides is 1. The number of anilines is 1. The fraction of sp³-hybridized carbons (Fsp3) is 0.0833. The predicted molar refractivity (Wildman–Crippen MR) is 127 cm³/mol. The van der Waals surface area contributed by atoms with E-state index in [9.17, 15) is 17.2 Å². The highest BCUT2D eigenvalue weighted by atomic mass is 32.2. The number of nitrogens with zero attached hydrogens (tertiary/aromatic N) is 3. The van der Waals surface area contributed by atoms with Gasteiger partial charge in [-0.05, 0) is 41.5 Å². The summed E-state index contributed by atoms with van der Waals surface area (Å²) in [6.07, 6.45) is 8.12. The summed E-state index contributed by atoms with van der Waals surface area (Å²) in [5.41, 5.74) is 4.92. The van der Waals surface area contributed by atoms with E-state index >= 15 is 0 Å². The Bertz CT molecular complexity index is 1610. The molecule has 10 heteroatoms. The Kier molecular flexibility index (Phi) is 5.37. The van der Waals surface area contributed by atoms with Gasteiger partial charge in [0.2, 0.25) is 10.0 Å². The van der Waals surface area contributed by atoms with Crippen LogP contribution in [0.2, 0.25) is 0 Å². The van der Waals surface area contributed by atoms with Crippen LogP contribution in [-0.4, -0.2) is 34.4 Å². The molecule has 3 heterocycles. The number of pyridine rings is 1. The number of halogens is 2. The minimum absolute atomic E-state index is 0.223. The molecule has 0 bridgehead atoms. The fourth-order valence-corrected chi connectivity index (χ4v) is 4.41. The minimum atomic E-state index is -3.39. The highest BCUT2D eigenvalue weighted by molar-refractivity contribution is 7.92. The lowest BCUT2D eigenvalue weighted by Gasteiger charge is -2.07. The molecule has 2 aromatic carbocycles. The van der Waals surface area contributed by atoms with Crippen LogP contribution in [0.5, 0.6) is 0 Å². The number of nitrogens with one attached hydrogen (secondary N) is 2. The molecule has 0 amide bonds. The number of rotatable bonds is 6. The second-order valence-electron chi connectivity index (χ2n) is 7.98. The molecule has 0 saturated heterocycles. The Morgan fingerprint density at radius 3 is 2.56 bits per heavy atom. The molecule has 0 saturated carbocycles. The van der Waals surface area contributed by atoms with Crippen molar-refractivity contribution in [1.29, 1.82) is 0 Å². The van der Waals surface area contributed by atoms with Crippen molar-refractivity contribution >= 4 is 26.7 Å². The lowest BCUT2D eigenvalue weighted by Crippen LogP contribution is -2.09. The topological polar surface area (TPSA) is 92.7 Å². The van der Waals surface area contributed by atoms with Gasteiger partial charge in [0.05, 0.1) is 19.0 Å². The van der Waals surface area contributed by atoms with Gasteiger partial charge in [0.1, 0.15) is 17.3 Å². The summed E-state index contributed by atoms with van der Waals surface area (Å²) >= 11 is 0. The summed E-state index contributed by atoms with van der Waals surface area (Å²) in [5, 5.41) is 5.19. The van der Waals surface area contributed by atoms with Crippen LogP contribution in [0.25, 0.3) is 33.3 Å². The second kappa shape index (κ2) is 8.38. The number of hydrogen-bond donors (Lipinski definition) is 2. The average molecular weight is 480 g/mol. The molecule has 34 heavy (non-hydrogen) atoms. The number of hydrogen-bond acceptors (Lipinski definition) is 4. The number of fused-ring (bicyclic) bond motifs is 1. The van der Waals surface area contributed by atoms with Crippen LogP contribution in [-0.2, 0) is 16.6 Å². The molecule has 2 N–H and O–H groups in total. The molecule has 0 aliphatic rings. The van der Waals surface area contributed by atoms with Crippen LogP contribution < -0.4 is 4.72 Å². The van der Waals surface area contributed by atoms with E-state index < -0.39 is 21.7 Å². The number of benzene rings is 2. The van der Waals surface area contributed by atoms with Gasteiger partial charge in [0.25, 0.3) is 0 Å². The van der Waals surface area contributed by atoms with Crippen molar-refractivity contribution in [2.75, 3.05) is 11.0 Å². The smallest absolute Gasteiger partial charge is 0.229 e. The largest absolute Gasteiger partial charge is 0.346 e. The Morgan fingerprint density at radius 1 is 1.00 bits per heavy atom. The van der Waals surface area contributed by atoms with Crippen molar-refractivity contribution in [3.8, 4) is 22.3 Å². The molecular weight excluding hydrogens is 460 g/mol. The first-order valence-corrected chi connectivity index (χ1v) is 12.2. The van der Waals surface area contributed by atoms with Crippen LogP contribution >= 0.6 is 0 Å². The lowest BCUT2D eigenvalue weighted by atomic mass is 10.0. The Morgan fingerprint density at radius 2 is 1.79 bits per heavy atom. The normalized spacial score (nSPS) is 11.7. The summed E-state index contributed by atoms with van der Waals surface area (Å²) in [7, 11) is -3.39. The maximum absolute atomic E-state index is 13.5. The first-order chi connectivity index (χ1) is 16.2. The third-order valence-electron chi connectivity index (χ3n) is 5.24. The molecular formula is C24H19F2N5O2S. The highest BCUT2D eigenvalue weighted by Gasteiger charge is 2.12. The van der Waals surface area contributed by atoms with Gasteiger partial charge in [-0.25, -0.2) is 22.2 Å². The van der Waals surface area contributed by atoms with Gasteiger partial charge >= 0.3 is 0 Å². The third kappa shape index (κ3) is 4.67. The van der Waals surface area contributed by atoms with Crippen molar-refractivity contribution in [1.82, 2.24) is 19.7 Å². The molecule has 5 aromatic rings. The van der Waals surface area contributed by atoms with Gasteiger partial charge in [-0.1, -0.05) is 12.1 Å². The maximum atomic E-state index is 13.5. The van der Waals surface area contributed by atoms with Crippen LogP contribution in [0.1, 0.15) is 5.56 Å². The van der Waals surface area contributed by atoms with E-state index in [1.165, 1.54) is 12.1 Å².